The molecule has 1 saturated carbocycles. The Balaban J connectivity index is 1.96. The van der Waals surface area contributed by atoms with E-state index in [1.54, 1.807) is 24.3 Å². The SMILES string of the molecule is CC(NC(=O)c1ccc(NC(=O)C2(C)CCC2)cc1)C(=O)O. The van der Waals surface area contributed by atoms with Gasteiger partial charge in [0.2, 0.25) is 5.91 Å². The van der Waals surface area contributed by atoms with Gasteiger partial charge < -0.3 is 15.7 Å². The normalized spacial score (nSPS) is 17.0. The highest BCUT2D eigenvalue weighted by molar-refractivity contribution is 5.98. The van der Waals surface area contributed by atoms with Gasteiger partial charge in [-0.15, -0.1) is 0 Å². The quantitative estimate of drug-likeness (QED) is 0.775. The van der Waals surface area contributed by atoms with E-state index in [1.807, 2.05) is 6.92 Å². The van der Waals surface area contributed by atoms with Crippen LogP contribution in [0.5, 0.6) is 0 Å². The van der Waals surface area contributed by atoms with Gasteiger partial charge in [-0.3, -0.25) is 14.4 Å². The first-order valence-electron chi connectivity index (χ1n) is 7.27. The Morgan fingerprint density at radius 2 is 1.77 bits per heavy atom. The van der Waals surface area contributed by atoms with Gasteiger partial charge in [0.15, 0.2) is 0 Å². The maximum absolute atomic E-state index is 12.1. The summed E-state index contributed by atoms with van der Waals surface area (Å²) in [5.74, 6) is -1.56. The topological polar surface area (TPSA) is 95.5 Å². The van der Waals surface area contributed by atoms with Crippen molar-refractivity contribution in [3.05, 3.63) is 29.8 Å². The molecular weight excluding hydrogens is 284 g/mol. The molecule has 1 aromatic carbocycles. The van der Waals surface area contributed by atoms with Gasteiger partial charge in [0.1, 0.15) is 6.04 Å². The van der Waals surface area contributed by atoms with Crippen LogP contribution in [0.15, 0.2) is 24.3 Å². The summed E-state index contributed by atoms with van der Waals surface area (Å²) in [5.41, 5.74) is 0.689. The zero-order valence-corrected chi connectivity index (χ0v) is 12.7. The molecule has 2 rings (SSSR count). The molecule has 0 aromatic heterocycles. The van der Waals surface area contributed by atoms with Crippen LogP contribution in [0.2, 0.25) is 0 Å². The largest absolute Gasteiger partial charge is 0.480 e. The number of carbonyl (C=O) groups excluding carboxylic acids is 2. The minimum absolute atomic E-state index is 0.00421. The predicted octanol–water partition coefficient (Wildman–Crippen LogP) is 2.02. The molecule has 1 atom stereocenters. The van der Waals surface area contributed by atoms with Crippen molar-refractivity contribution >= 4 is 23.5 Å². The van der Waals surface area contributed by atoms with Gasteiger partial charge in [0.25, 0.3) is 5.91 Å². The lowest BCUT2D eigenvalue weighted by atomic mass is 9.70. The molecule has 1 aliphatic carbocycles. The number of carboxylic acid groups (broad SMARTS) is 1. The second kappa shape index (κ2) is 6.17. The number of rotatable bonds is 5. The number of amides is 2. The molecule has 0 spiro atoms. The lowest BCUT2D eigenvalue weighted by molar-refractivity contribution is -0.138. The van der Waals surface area contributed by atoms with Gasteiger partial charge in [0.05, 0.1) is 0 Å². The van der Waals surface area contributed by atoms with Gasteiger partial charge in [-0.1, -0.05) is 13.3 Å². The van der Waals surface area contributed by atoms with E-state index >= 15 is 0 Å². The molecule has 0 bridgehead atoms. The lowest BCUT2D eigenvalue weighted by Gasteiger charge is -2.36. The van der Waals surface area contributed by atoms with Crippen LogP contribution < -0.4 is 10.6 Å². The fourth-order valence-corrected chi connectivity index (χ4v) is 2.26. The molecule has 0 radical (unpaired) electrons. The minimum atomic E-state index is -1.09. The predicted molar refractivity (Wildman–Crippen MR) is 81.6 cm³/mol. The average Bonchev–Trinajstić information content (AvgIpc) is 2.45. The maximum Gasteiger partial charge on any atom is 0.325 e. The molecule has 0 aliphatic heterocycles. The molecule has 1 aromatic rings. The van der Waals surface area contributed by atoms with Crippen LogP contribution in [0.4, 0.5) is 5.69 Å². The first kappa shape index (κ1) is 16.0. The highest BCUT2D eigenvalue weighted by atomic mass is 16.4. The maximum atomic E-state index is 12.1. The summed E-state index contributed by atoms with van der Waals surface area (Å²) < 4.78 is 0. The summed E-state index contributed by atoms with van der Waals surface area (Å²) >= 11 is 0. The number of anilines is 1. The smallest absolute Gasteiger partial charge is 0.325 e. The highest BCUT2D eigenvalue weighted by Gasteiger charge is 2.39. The number of benzene rings is 1. The van der Waals surface area contributed by atoms with Crippen molar-refractivity contribution in [2.45, 2.75) is 39.2 Å². The average molecular weight is 304 g/mol. The van der Waals surface area contributed by atoms with E-state index in [9.17, 15) is 14.4 Å². The Kier molecular flexibility index (Phi) is 4.49. The van der Waals surface area contributed by atoms with E-state index in [2.05, 4.69) is 10.6 Å². The zero-order chi connectivity index (χ0) is 16.3. The van der Waals surface area contributed by atoms with Crippen LogP contribution in [-0.4, -0.2) is 28.9 Å². The fraction of sp³-hybridized carbons (Fsp3) is 0.438. The summed E-state index contributed by atoms with van der Waals surface area (Å²) in [6, 6.07) is 5.44. The summed E-state index contributed by atoms with van der Waals surface area (Å²) in [4.78, 5) is 34.7. The molecule has 0 saturated heterocycles. The van der Waals surface area contributed by atoms with Crippen molar-refractivity contribution in [2.75, 3.05) is 5.32 Å². The number of carbonyl (C=O) groups is 3. The monoisotopic (exact) mass is 304 g/mol. The van der Waals surface area contributed by atoms with Crippen LogP contribution in [-0.2, 0) is 9.59 Å². The molecule has 6 heteroatoms. The van der Waals surface area contributed by atoms with E-state index in [0.717, 1.165) is 19.3 Å². The highest BCUT2D eigenvalue weighted by Crippen LogP contribution is 2.41. The third-order valence-electron chi connectivity index (χ3n) is 4.13. The molecule has 118 valence electrons. The standard InChI is InChI=1S/C16H20N2O4/c1-10(14(20)21)17-13(19)11-4-6-12(7-5-11)18-15(22)16(2)8-3-9-16/h4-7,10H,3,8-9H2,1-2H3,(H,17,19)(H,18,22)(H,20,21). The molecule has 2 amide bonds. The van der Waals surface area contributed by atoms with Crippen LogP contribution >= 0.6 is 0 Å². The third-order valence-corrected chi connectivity index (χ3v) is 4.13. The van der Waals surface area contributed by atoms with Gasteiger partial charge >= 0.3 is 5.97 Å². The minimum Gasteiger partial charge on any atom is -0.480 e. The number of hydrogen-bond acceptors (Lipinski definition) is 3. The molecule has 1 aliphatic rings. The molecule has 1 fully saturated rings. The van der Waals surface area contributed by atoms with Gasteiger partial charge in [0, 0.05) is 16.7 Å². The van der Waals surface area contributed by atoms with Crippen molar-refractivity contribution in [1.29, 1.82) is 0 Å². The third kappa shape index (κ3) is 3.44. The van der Waals surface area contributed by atoms with Gasteiger partial charge in [-0.2, -0.15) is 0 Å². The second-order valence-corrected chi connectivity index (χ2v) is 5.98. The van der Waals surface area contributed by atoms with E-state index in [-0.39, 0.29) is 11.3 Å². The Bertz CT molecular complexity index is 591. The van der Waals surface area contributed by atoms with Gasteiger partial charge in [-0.05, 0) is 44.0 Å². The zero-order valence-electron chi connectivity index (χ0n) is 12.7. The summed E-state index contributed by atoms with van der Waals surface area (Å²) in [6.07, 6.45) is 2.86. The van der Waals surface area contributed by atoms with E-state index in [1.165, 1.54) is 6.92 Å². The van der Waals surface area contributed by atoms with Crippen molar-refractivity contribution in [1.82, 2.24) is 5.32 Å². The number of carboxylic acids is 1. The van der Waals surface area contributed by atoms with Crippen LogP contribution in [0.3, 0.4) is 0 Å². The van der Waals surface area contributed by atoms with E-state index in [4.69, 9.17) is 5.11 Å². The molecule has 0 heterocycles. The Morgan fingerprint density at radius 1 is 1.18 bits per heavy atom. The van der Waals surface area contributed by atoms with Crippen LogP contribution in [0.25, 0.3) is 0 Å². The van der Waals surface area contributed by atoms with Crippen molar-refractivity contribution < 1.29 is 19.5 Å². The van der Waals surface area contributed by atoms with E-state index < -0.39 is 17.9 Å². The Hall–Kier alpha value is -2.37. The molecular formula is C16H20N2O4. The lowest BCUT2D eigenvalue weighted by Crippen LogP contribution is -2.39. The van der Waals surface area contributed by atoms with Crippen LogP contribution in [0, 0.1) is 5.41 Å². The molecule has 3 N–H and O–H groups in total. The first-order chi connectivity index (χ1) is 10.3. The van der Waals surface area contributed by atoms with Crippen molar-refractivity contribution in [2.24, 2.45) is 5.41 Å². The number of hydrogen-bond donors (Lipinski definition) is 3. The summed E-state index contributed by atoms with van der Waals surface area (Å²) in [5, 5.41) is 14.0. The van der Waals surface area contributed by atoms with Gasteiger partial charge in [-0.25, -0.2) is 0 Å². The van der Waals surface area contributed by atoms with Crippen molar-refractivity contribution in [3.63, 3.8) is 0 Å². The Labute approximate surface area is 128 Å². The first-order valence-corrected chi connectivity index (χ1v) is 7.27. The molecule has 1 unspecified atom stereocenters. The van der Waals surface area contributed by atoms with Crippen LogP contribution in [0.1, 0.15) is 43.5 Å². The van der Waals surface area contributed by atoms with Crippen molar-refractivity contribution in [3.8, 4) is 0 Å². The second-order valence-electron chi connectivity index (χ2n) is 5.98. The summed E-state index contributed by atoms with van der Waals surface area (Å²) in [6.45, 7) is 3.34. The Morgan fingerprint density at radius 3 is 2.23 bits per heavy atom. The molecule has 6 nitrogen and oxygen atoms in total. The fourth-order valence-electron chi connectivity index (χ4n) is 2.26. The number of nitrogens with one attached hydrogen (secondary N) is 2. The molecule has 22 heavy (non-hydrogen) atoms. The number of aliphatic carboxylic acids is 1. The summed E-state index contributed by atoms with van der Waals surface area (Å²) in [7, 11) is 0. The van der Waals surface area contributed by atoms with E-state index in [0.29, 0.717) is 11.3 Å².